The van der Waals surface area contributed by atoms with Crippen LogP contribution in [0.25, 0.3) is 0 Å². The van der Waals surface area contributed by atoms with E-state index >= 15 is 0 Å². The highest BCUT2D eigenvalue weighted by Crippen LogP contribution is 2.03. The number of ether oxygens (including phenoxy) is 1. The van der Waals surface area contributed by atoms with Gasteiger partial charge < -0.3 is 9.29 Å². The molecule has 0 aromatic heterocycles. The second kappa shape index (κ2) is 5.66. The summed E-state index contributed by atoms with van der Waals surface area (Å²) in [5, 5.41) is 0. The first kappa shape index (κ1) is 11.1. The molecule has 2 atom stereocenters. The SMILES string of the molecule is CC(COS(=O)[O-])N1CCOCC1. The summed E-state index contributed by atoms with van der Waals surface area (Å²) >= 11 is -2.40. The molecule has 0 radical (unpaired) electrons. The van der Waals surface area contributed by atoms with Gasteiger partial charge in [-0.2, -0.15) is 0 Å². The lowest BCUT2D eigenvalue weighted by Gasteiger charge is -2.31. The third-order valence-electron chi connectivity index (χ3n) is 2.07. The zero-order valence-corrected chi connectivity index (χ0v) is 8.42. The van der Waals surface area contributed by atoms with E-state index in [-0.39, 0.29) is 12.6 Å². The van der Waals surface area contributed by atoms with Crippen LogP contribution in [0.4, 0.5) is 0 Å². The van der Waals surface area contributed by atoms with E-state index in [1.807, 2.05) is 6.92 Å². The van der Waals surface area contributed by atoms with Crippen molar-refractivity contribution < 1.29 is 17.7 Å². The Morgan fingerprint density at radius 3 is 2.77 bits per heavy atom. The van der Waals surface area contributed by atoms with E-state index in [1.54, 1.807) is 0 Å². The van der Waals surface area contributed by atoms with Crippen LogP contribution in [0.15, 0.2) is 0 Å². The lowest BCUT2D eigenvalue weighted by atomic mass is 10.3. The van der Waals surface area contributed by atoms with Gasteiger partial charge in [0.15, 0.2) is 0 Å². The van der Waals surface area contributed by atoms with E-state index < -0.39 is 11.4 Å². The molecule has 0 amide bonds. The van der Waals surface area contributed by atoms with Crippen molar-refractivity contribution in [1.29, 1.82) is 0 Å². The average Bonchev–Trinajstić information content (AvgIpc) is 2.15. The van der Waals surface area contributed by atoms with Gasteiger partial charge in [-0.25, -0.2) is 4.21 Å². The molecule has 0 aromatic carbocycles. The number of rotatable bonds is 4. The molecule has 6 heteroatoms. The average molecular weight is 208 g/mol. The third kappa shape index (κ3) is 4.15. The van der Waals surface area contributed by atoms with E-state index in [0.717, 1.165) is 13.1 Å². The predicted octanol–water partition coefficient (Wildman–Crippen LogP) is -0.482. The molecule has 13 heavy (non-hydrogen) atoms. The summed E-state index contributed by atoms with van der Waals surface area (Å²) < 4.78 is 29.9. The highest BCUT2D eigenvalue weighted by molar-refractivity contribution is 7.74. The van der Waals surface area contributed by atoms with Crippen molar-refractivity contribution in [2.75, 3.05) is 32.9 Å². The molecule has 1 aliphatic heterocycles. The van der Waals surface area contributed by atoms with Crippen LogP contribution in [0.5, 0.6) is 0 Å². The van der Waals surface area contributed by atoms with Gasteiger partial charge in [-0.1, -0.05) is 0 Å². The maximum atomic E-state index is 10.1. The fraction of sp³-hybridized carbons (Fsp3) is 1.00. The van der Waals surface area contributed by atoms with Crippen LogP contribution in [-0.4, -0.2) is 52.6 Å². The van der Waals surface area contributed by atoms with Crippen molar-refractivity contribution in [2.24, 2.45) is 0 Å². The van der Waals surface area contributed by atoms with Crippen molar-refractivity contribution in [3.63, 3.8) is 0 Å². The molecule has 0 aromatic rings. The minimum absolute atomic E-state index is 0.127. The zero-order chi connectivity index (χ0) is 9.68. The summed E-state index contributed by atoms with van der Waals surface area (Å²) in [5.41, 5.74) is 0. The zero-order valence-electron chi connectivity index (χ0n) is 7.60. The summed E-state index contributed by atoms with van der Waals surface area (Å²) in [6.45, 7) is 5.27. The minimum atomic E-state index is -2.40. The van der Waals surface area contributed by atoms with E-state index in [4.69, 9.17) is 4.74 Å². The molecule has 0 spiro atoms. The molecule has 2 unspecified atom stereocenters. The monoisotopic (exact) mass is 208 g/mol. The summed E-state index contributed by atoms with van der Waals surface area (Å²) in [5.74, 6) is 0. The summed E-state index contributed by atoms with van der Waals surface area (Å²) in [6, 6.07) is 0.127. The molecule has 0 aliphatic carbocycles. The lowest BCUT2D eigenvalue weighted by molar-refractivity contribution is 0.0109. The first-order valence-corrected chi connectivity index (χ1v) is 5.24. The predicted molar refractivity (Wildman–Crippen MR) is 46.7 cm³/mol. The molecule has 0 bridgehead atoms. The Morgan fingerprint density at radius 1 is 1.62 bits per heavy atom. The Bertz CT molecular complexity index is 172. The van der Waals surface area contributed by atoms with Gasteiger partial charge in [0.25, 0.3) is 0 Å². The summed E-state index contributed by atoms with van der Waals surface area (Å²) in [4.78, 5) is 2.15. The number of hydrogen-bond acceptors (Lipinski definition) is 5. The number of hydrogen-bond donors (Lipinski definition) is 0. The maximum Gasteiger partial charge on any atom is 0.0842 e. The molecule has 1 rings (SSSR count). The Hall–Kier alpha value is -0.0100. The highest BCUT2D eigenvalue weighted by Gasteiger charge is 2.16. The van der Waals surface area contributed by atoms with Gasteiger partial charge in [-0.05, 0) is 6.92 Å². The maximum absolute atomic E-state index is 10.1. The van der Waals surface area contributed by atoms with Crippen molar-refractivity contribution in [1.82, 2.24) is 4.90 Å². The van der Waals surface area contributed by atoms with Crippen molar-refractivity contribution >= 4 is 11.4 Å². The van der Waals surface area contributed by atoms with Gasteiger partial charge in [0.05, 0.1) is 31.2 Å². The Labute approximate surface area is 80.5 Å². The fourth-order valence-corrected chi connectivity index (χ4v) is 1.59. The quantitative estimate of drug-likeness (QED) is 0.584. The van der Waals surface area contributed by atoms with Crippen LogP contribution in [0.2, 0.25) is 0 Å². The first-order chi connectivity index (χ1) is 6.20. The van der Waals surface area contributed by atoms with Crippen molar-refractivity contribution in [3.05, 3.63) is 0 Å². The molecule has 78 valence electrons. The molecule has 0 saturated carbocycles. The number of morpholine rings is 1. The van der Waals surface area contributed by atoms with Crippen molar-refractivity contribution in [3.8, 4) is 0 Å². The van der Waals surface area contributed by atoms with Crippen LogP contribution >= 0.6 is 0 Å². The molecular formula is C7H14NO4S-. The standard InChI is InChI=1S/C7H15NO4S/c1-7(6-12-13(9)10)8-2-4-11-5-3-8/h7H,2-6H2,1H3,(H,9,10)/p-1. The highest BCUT2D eigenvalue weighted by atomic mass is 32.2. The van der Waals surface area contributed by atoms with Crippen LogP contribution in [0, 0.1) is 0 Å². The largest absolute Gasteiger partial charge is 0.750 e. The molecule has 1 heterocycles. The van der Waals surface area contributed by atoms with Gasteiger partial charge in [0.2, 0.25) is 0 Å². The Kier molecular flexibility index (Phi) is 4.82. The van der Waals surface area contributed by atoms with E-state index in [2.05, 4.69) is 9.08 Å². The fourth-order valence-electron chi connectivity index (χ4n) is 1.28. The molecule has 1 saturated heterocycles. The van der Waals surface area contributed by atoms with Crippen LogP contribution < -0.4 is 0 Å². The molecule has 1 fully saturated rings. The number of nitrogens with zero attached hydrogens (tertiary/aromatic N) is 1. The molecule has 1 aliphatic rings. The Morgan fingerprint density at radius 2 is 2.23 bits per heavy atom. The molecule has 0 N–H and O–H groups in total. The second-order valence-corrected chi connectivity index (χ2v) is 3.63. The minimum Gasteiger partial charge on any atom is -0.750 e. The van der Waals surface area contributed by atoms with Gasteiger partial charge in [-0.15, -0.1) is 0 Å². The van der Waals surface area contributed by atoms with Crippen LogP contribution in [0.1, 0.15) is 6.92 Å². The van der Waals surface area contributed by atoms with E-state index in [0.29, 0.717) is 13.2 Å². The van der Waals surface area contributed by atoms with Crippen LogP contribution in [-0.2, 0) is 20.3 Å². The van der Waals surface area contributed by atoms with Crippen LogP contribution in [0.3, 0.4) is 0 Å². The molecule has 5 nitrogen and oxygen atoms in total. The second-order valence-electron chi connectivity index (χ2n) is 2.99. The summed E-state index contributed by atoms with van der Waals surface area (Å²) in [7, 11) is 0. The van der Waals surface area contributed by atoms with Gasteiger partial charge in [0.1, 0.15) is 0 Å². The smallest absolute Gasteiger partial charge is 0.0842 e. The normalized spacial score (nSPS) is 24.2. The van der Waals surface area contributed by atoms with Crippen molar-refractivity contribution in [2.45, 2.75) is 13.0 Å². The third-order valence-corrected chi connectivity index (χ3v) is 2.40. The van der Waals surface area contributed by atoms with Gasteiger partial charge in [-0.3, -0.25) is 9.08 Å². The first-order valence-electron chi connectivity index (χ1n) is 4.24. The van der Waals surface area contributed by atoms with E-state index in [9.17, 15) is 8.76 Å². The van der Waals surface area contributed by atoms with Gasteiger partial charge in [0, 0.05) is 19.1 Å². The molecular weight excluding hydrogens is 194 g/mol. The van der Waals surface area contributed by atoms with E-state index in [1.165, 1.54) is 0 Å². The topological polar surface area (TPSA) is 61.8 Å². The van der Waals surface area contributed by atoms with Gasteiger partial charge >= 0.3 is 0 Å². The summed E-state index contributed by atoms with van der Waals surface area (Å²) in [6.07, 6.45) is 0. The lowest BCUT2D eigenvalue weighted by Crippen LogP contribution is -2.44. The Balaban J connectivity index is 2.20.